The van der Waals surface area contributed by atoms with Crippen molar-refractivity contribution in [1.29, 1.82) is 0 Å². The molecule has 2 heterocycles. The zero-order chi connectivity index (χ0) is 13.4. The number of hydrogen-bond donors (Lipinski definition) is 1. The molecule has 1 N–H and O–H groups in total. The van der Waals surface area contributed by atoms with Gasteiger partial charge in [-0.25, -0.2) is 9.78 Å². The lowest BCUT2D eigenvalue weighted by Gasteiger charge is -2.14. The first-order valence-electron chi connectivity index (χ1n) is 6.56. The van der Waals surface area contributed by atoms with E-state index in [0.717, 1.165) is 18.8 Å². The maximum Gasteiger partial charge on any atom is 0.356 e. The van der Waals surface area contributed by atoms with Gasteiger partial charge in [-0.2, -0.15) is 0 Å². The van der Waals surface area contributed by atoms with E-state index in [9.17, 15) is 9.90 Å². The van der Waals surface area contributed by atoms with Gasteiger partial charge in [-0.05, 0) is 32.0 Å². The third-order valence-electron chi connectivity index (χ3n) is 3.68. The Kier molecular flexibility index (Phi) is 2.98. The molecule has 0 radical (unpaired) electrons. The molecule has 0 amide bonds. The van der Waals surface area contributed by atoms with Crippen molar-refractivity contribution in [3.8, 4) is 0 Å². The van der Waals surface area contributed by atoms with Gasteiger partial charge in [-0.1, -0.05) is 6.07 Å². The number of imidazole rings is 1. The second kappa shape index (κ2) is 4.66. The summed E-state index contributed by atoms with van der Waals surface area (Å²) in [6.07, 6.45) is 5.20. The fourth-order valence-corrected chi connectivity index (χ4v) is 2.41. The number of pyridine rings is 1. The van der Waals surface area contributed by atoms with Crippen molar-refractivity contribution >= 4 is 11.5 Å². The van der Waals surface area contributed by atoms with E-state index in [2.05, 4.69) is 16.9 Å². The Morgan fingerprint density at radius 2 is 2.32 bits per heavy atom. The summed E-state index contributed by atoms with van der Waals surface area (Å²) in [5.41, 5.74) is 0.809. The van der Waals surface area contributed by atoms with Gasteiger partial charge in [0.15, 0.2) is 5.69 Å². The molecule has 0 atom stereocenters. The number of aromatic nitrogens is 2. The highest BCUT2D eigenvalue weighted by atomic mass is 16.4. The van der Waals surface area contributed by atoms with Crippen LogP contribution in [0.1, 0.15) is 29.2 Å². The first kappa shape index (κ1) is 12.2. The van der Waals surface area contributed by atoms with E-state index in [1.54, 1.807) is 6.07 Å². The summed E-state index contributed by atoms with van der Waals surface area (Å²) in [6, 6.07) is 6.24. The van der Waals surface area contributed by atoms with E-state index in [4.69, 9.17) is 0 Å². The highest BCUT2D eigenvalue weighted by molar-refractivity contribution is 5.93. The molecular weight excluding hydrogens is 242 g/mol. The molecule has 0 unspecified atom stereocenters. The first-order chi connectivity index (χ1) is 9.16. The molecule has 5 heteroatoms. The lowest BCUT2D eigenvalue weighted by molar-refractivity contribution is 0.0693. The smallest absolute Gasteiger partial charge is 0.356 e. The number of nitrogens with zero attached hydrogens (tertiary/aromatic N) is 3. The molecular formula is C14H17N3O2. The number of carboxylic acids is 1. The Morgan fingerprint density at radius 1 is 1.53 bits per heavy atom. The van der Waals surface area contributed by atoms with Gasteiger partial charge >= 0.3 is 5.97 Å². The van der Waals surface area contributed by atoms with Crippen LogP contribution in [-0.4, -0.2) is 45.0 Å². The molecule has 1 fully saturated rings. The Bertz CT molecular complexity index is 616. The van der Waals surface area contributed by atoms with Crippen LogP contribution in [0.2, 0.25) is 0 Å². The normalized spacial score (nSPS) is 15.3. The average Bonchev–Trinajstić information content (AvgIpc) is 3.18. The molecule has 0 spiro atoms. The van der Waals surface area contributed by atoms with E-state index >= 15 is 0 Å². The Labute approximate surface area is 111 Å². The first-order valence-corrected chi connectivity index (χ1v) is 6.56. The van der Waals surface area contributed by atoms with Gasteiger partial charge in [-0.3, -0.25) is 0 Å². The number of carboxylic acid groups (broad SMARTS) is 1. The summed E-state index contributed by atoms with van der Waals surface area (Å²) in [6.45, 7) is 0.914. The number of aromatic carboxylic acids is 1. The zero-order valence-electron chi connectivity index (χ0n) is 10.9. The highest BCUT2D eigenvalue weighted by Crippen LogP contribution is 2.25. The summed E-state index contributed by atoms with van der Waals surface area (Å²) in [5, 5.41) is 9.19. The van der Waals surface area contributed by atoms with Crippen molar-refractivity contribution < 1.29 is 9.90 Å². The van der Waals surface area contributed by atoms with E-state index in [0.29, 0.717) is 11.6 Å². The Morgan fingerprint density at radius 3 is 3.00 bits per heavy atom. The third kappa shape index (κ3) is 2.33. The molecule has 3 rings (SSSR count). The van der Waals surface area contributed by atoms with Crippen LogP contribution in [0.15, 0.2) is 24.4 Å². The van der Waals surface area contributed by atoms with Crippen molar-refractivity contribution in [1.82, 2.24) is 14.3 Å². The molecule has 19 heavy (non-hydrogen) atoms. The van der Waals surface area contributed by atoms with Gasteiger partial charge < -0.3 is 14.4 Å². The monoisotopic (exact) mass is 259 g/mol. The molecule has 2 aromatic heterocycles. The van der Waals surface area contributed by atoms with Crippen molar-refractivity contribution in [2.45, 2.75) is 25.3 Å². The number of likely N-dealkylation sites (N-methyl/N-ethyl adjacent to an activating group) is 1. The second-order valence-corrected chi connectivity index (χ2v) is 5.10. The fraction of sp³-hybridized carbons (Fsp3) is 0.429. The largest absolute Gasteiger partial charge is 0.476 e. The van der Waals surface area contributed by atoms with E-state index in [1.165, 1.54) is 12.8 Å². The van der Waals surface area contributed by atoms with Crippen LogP contribution in [0.25, 0.3) is 5.52 Å². The van der Waals surface area contributed by atoms with E-state index in [1.807, 2.05) is 22.7 Å². The van der Waals surface area contributed by atoms with Gasteiger partial charge in [0, 0.05) is 25.2 Å². The lowest BCUT2D eigenvalue weighted by Crippen LogP contribution is -2.24. The van der Waals surface area contributed by atoms with Crippen LogP contribution in [0, 0.1) is 0 Å². The lowest BCUT2D eigenvalue weighted by atomic mass is 10.3. The number of carbonyl (C=O) groups is 1. The van der Waals surface area contributed by atoms with Gasteiger partial charge in [0.2, 0.25) is 0 Å². The molecule has 1 saturated carbocycles. The van der Waals surface area contributed by atoms with Gasteiger partial charge in [0.05, 0.1) is 5.52 Å². The predicted molar refractivity (Wildman–Crippen MR) is 71.5 cm³/mol. The average molecular weight is 259 g/mol. The van der Waals surface area contributed by atoms with E-state index in [-0.39, 0.29) is 5.69 Å². The molecule has 1 aliphatic rings. The van der Waals surface area contributed by atoms with Crippen LogP contribution in [-0.2, 0) is 6.42 Å². The third-order valence-corrected chi connectivity index (χ3v) is 3.68. The van der Waals surface area contributed by atoms with Crippen LogP contribution in [0.4, 0.5) is 0 Å². The van der Waals surface area contributed by atoms with Gasteiger partial charge in [-0.15, -0.1) is 0 Å². The fourth-order valence-electron chi connectivity index (χ4n) is 2.41. The minimum absolute atomic E-state index is 0.143. The molecule has 5 nitrogen and oxygen atoms in total. The maximum absolute atomic E-state index is 11.2. The van der Waals surface area contributed by atoms with Crippen LogP contribution < -0.4 is 0 Å². The maximum atomic E-state index is 11.2. The summed E-state index contributed by atoms with van der Waals surface area (Å²) in [7, 11) is 2.12. The number of hydrogen-bond acceptors (Lipinski definition) is 3. The number of rotatable bonds is 5. The van der Waals surface area contributed by atoms with Gasteiger partial charge in [0.25, 0.3) is 0 Å². The van der Waals surface area contributed by atoms with Crippen LogP contribution in [0.5, 0.6) is 0 Å². The van der Waals surface area contributed by atoms with Crippen molar-refractivity contribution in [2.75, 3.05) is 13.6 Å². The Hall–Kier alpha value is -1.88. The van der Waals surface area contributed by atoms with Crippen molar-refractivity contribution in [3.05, 3.63) is 35.9 Å². The SMILES string of the molecule is CN(CCc1nc(C(=O)O)c2ccccn12)C1CC1. The minimum atomic E-state index is -0.967. The van der Waals surface area contributed by atoms with Gasteiger partial charge in [0.1, 0.15) is 5.82 Å². The van der Waals surface area contributed by atoms with Crippen LogP contribution >= 0.6 is 0 Å². The summed E-state index contributed by atoms with van der Waals surface area (Å²) in [4.78, 5) is 17.8. The quantitative estimate of drug-likeness (QED) is 0.887. The minimum Gasteiger partial charge on any atom is -0.476 e. The molecule has 1 aliphatic carbocycles. The van der Waals surface area contributed by atoms with Crippen LogP contribution in [0.3, 0.4) is 0 Å². The molecule has 0 bridgehead atoms. The standard InChI is InChI=1S/C14H17N3O2/c1-16(10-5-6-10)9-7-12-15-13(14(18)19)11-4-2-3-8-17(11)12/h2-4,8,10H,5-7,9H2,1H3,(H,18,19). The molecule has 0 saturated heterocycles. The molecule has 0 aromatic carbocycles. The van der Waals surface area contributed by atoms with Crippen molar-refractivity contribution in [2.24, 2.45) is 0 Å². The Balaban J connectivity index is 1.87. The second-order valence-electron chi connectivity index (χ2n) is 5.10. The van der Waals surface area contributed by atoms with E-state index < -0.39 is 5.97 Å². The number of fused-ring (bicyclic) bond motifs is 1. The zero-order valence-corrected chi connectivity index (χ0v) is 10.9. The topological polar surface area (TPSA) is 57.8 Å². The summed E-state index contributed by atoms with van der Waals surface area (Å²) >= 11 is 0. The van der Waals surface area contributed by atoms with Crippen molar-refractivity contribution in [3.63, 3.8) is 0 Å². The summed E-state index contributed by atoms with van der Waals surface area (Å²) < 4.78 is 1.88. The highest BCUT2D eigenvalue weighted by Gasteiger charge is 2.26. The molecule has 100 valence electrons. The summed E-state index contributed by atoms with van der Waals surface area (Å²) in [5.74, 6) is -0.147. The predicted octanol–water partition coefficient (Wildman–Crippen LogP) is 1.67. The molecule has 0 aliphatic heterocycles. The molecule has 2 aromatic rings.